The molecule has 0 unspecified atom stereocenters. The summed E-state index contributed by atoms with van der Waals surface area (Å²) in [7, 11) is 0. The summed E-state index contributed by atoms with van der Waals surface area (Å²) in [5.41, 5.74) is 2.99. The van der Waals surface area contributed by atoms with Gasteiger partial charge in [-0.1, -0.05) is 66.6 Å². The Morgan fingerprint density at radius 2 is 1.19 bits per heavy atom. The van der Waals surface area contributed by atoms with E-state index in [0.717, 1.165) is 11.1 Å². The van der Waals surface area contributed by atoms with Gasteiger partial charge >= 0.3 is 0 Å². The molecule has 2 aliphatic heterocycles. The molecule has 2 heterocycles. The largest absolute Gasteiger partial charge is 0.323 e. The zero-order chi connectivity index (χ0) is 21.5. The second-order valence-corrected chi connectivity index (χ2v) is 7.14. The second-order valence-electron chi connectivity index (χ2n) is 7.14. The molecule has 2 aliphatic rings. The molecule has 0 radical (unpaired) electrons. The first kappa shape index (κ1) is 20.0. The van der Waals surface area contributed by atoms with Crippen LogP contribution in [0.25, 0.3) is 0 Å². The van der Waals surface area contributed by atoms with Crippen LogP contribution in [0, 0.1) is 23.8 Å². The summed E-state index contributed by atoms with van der Waals surface area (Å²) in [4.78, 5) is 29.2. The van der Waals surface area contributed by atoms with Crippen molar-refractivity contribution >= 4 is 11.8 Å². The van der Waals surface area contributed by atoms with Crippen LogP contribution in [0.5, 0.6) is 0 Å². The van der Waals surface area contributed by atoms with E-state index in [2.05, 4.69) is 23.8 Å². The first-order chi connectivity index (χ1) is 15.2. The summed E-state index contributed by atoms with van der Waals surface area (Å²) in [6.07, 6.45) is 0. The lowest BCUT2D eigenvalue weighted by Crippen LogP contribution is -2.31. The fourth-order valence-electron chi connectivity index (χ4n) is 3.30. The van der Waals surface area contributed by atoms with Crippen LogP contribution in [0.15, 0.2) is 84.9 Å². The molecule has 3 aromatic rings. The standard InChI is InChI=1S/C27H20N2O2/c30-26-24-14-16-25(17-15-24)27(31)29(21-23-12-6-2-7-13-23)19-9-3-8-18-28(26)20-22-10-4-1-5-11-22/h1-2,4-7,10-17H,18,20-21H2. The van der Waals surface area contributed by atoms with Gasteiger partial charge in [0.05, 0.1) is 13.1 Å². The molecule has 0 saturated heterocycles. The molecule has 4 nitrogen and oxygen atoms in total. The van der Waals surface area contributed by atoms with Gasteiger partial charge in [0.25, 0.3) is 11.8 Å². The highest BCUT2D eigenvalue weighted by Gasteiger charge is 2.19. The summed E-state index contributed by atoms with van der Waals surface area (Å²) >= 11 is 0. The molecule has 4 heteroatoms. The first-order valence-corrected chi connectivity index (χ1v) is 9.98. The number of benzene rings is 3. The van der Waals surface area contributed by atoms with Crippen LogP contribution < -0.4 is 0 Å². The lowest BCUT2D eigenvalue weighted by Gasteiger charge is -2.21. The van der Waals surface area contributed by atoms with Crippen LogP contribution >= 0.6 is 0 Å². The number of nitrogens with zero attached hydrogens (tertiary/aromatic N) is 2. The van der Waals surface area contributed by atoms with Crippen molar-refractivity contribution in [2.75, 3.05) is 6.54 Å². The van der Waals surface area contributed by atoms with E-state index in [9.17, 15) is 9.59 Å². The molecule has 2 bridgehead atoms. The maximum absolute atomic E-state index is 13.1. The van der Waals surface area contributed by atoms with Crippen molar-refractivity contribution in [3.63, 3.8) is 0 Å². The molecule has 3 aromatic carbocycles. The normalized spacial score (nSPS) is 13.3. The SMILES string of the molecule is O=C1c2ccc(cc2)C(=O)N(Cc2ccccc2)CC#CC#CN1Cc1ccccc1. The predicted molar refractivity (Wildman–Crippen MR) is 119 cm³/mol. The number of rotatable bonds is 4. The predicted octanol–water partition coefficient (Wildman–Crippen LogP) is 3.95. The molecule has 0 spiro atoms. The molecule has 2 amide bonds. The van der Waals surface area contributed by atoms with Crippen LogP contribution in [-0.2, 0) is 13.1 Å². The lowest BCUT2D eigenvalue weighted by atomic mass is 10.1. The Hall–Kier alpha value is -4.28. The fourth-order valence-corrected chi connectivity index (χ4v) is 3.30. The zero-order valence-corrected chi connectivity index (χ0v) is 16.9. The summed E-state index contributed by atoms with van der Waals surface area (Å²) in [5.74, 6) is 8.16. The van der Waals surface area contributed by atoms with E-state index in [1.165, 1.54) is 4.90 Å². The maximum Gasteiger partial charge on any atom is 0.265 e. The van der Waals surface area contributed by atoms with E-state index in [-0.39, 0.29) is 18.4 Å². The van der Waals surface area contributed by atoms with Crippen molar-refractivity contribution in [3.8, 4) is 23.8 Å². The highest BCUT2D eigenvalue weighted by molar-refractivity contribution is 5.98. The van der Waals surface area contributed by atoms with Crippen molar-refractivity contribution in [1.82, 2.24) is 9.80 Å². The Morgan fingerprint density at radius 3 is 1.81 bits per heavy atom. The lowest BCUT2D eigenvalue weighted by molar-refractivity contribution is 0.0763. The first-order valence-electron chi connectivity index (χ1n) is 9.98. The Labute approximate surface area is 182 Å². The molecule has 5 rings (SSSR count). The molecule has 0 aromatic heterocycles. The van der Waals surface area contributed by atoms with Gasteiger partial charge < -0.3 is 4.90 Å². The third-order valence-corrected chi connectivity index (χ3v) is 4.92. The summed E-state index contributed by atoms with van der Waals surface area (Å²) in [6.45, 7) is 1.05. The molecular weight excluding hydrogens is 384 g/mol. The smallest absolute Gasteiger partial charge is 0.265 e. The summed E-state index contributed by atoms with van der Waals surface area (Å²) < 4.78 is 0. The van der Waals surface area contributed by atoms with Gasteiger partial charge in [-0.05, 0) is 41.3 Å². The Morgan fingerprint density at radius 1 is 0.645 bits per heavy atom. The molecule has 0 N–H and O–H groups in total. The Kier molecular flexibility index (Phi) is 6.12. The van der Waals surface area contributed by atoms with Crippen molar-refractivity contribution in [2.45, 2.75) is 13.1 Å². The minimum absolute atomic E-state index is 0.134. The van der Waals surface area contributed by atoms with Crippen LogP contribution in [0.1, 0.15) is 31.8 Å². The third kappa shape index (κ3) is 5.01. The monoisotopic (exact) mass is 404 g/mol. The van der Waals surface area contributed by atoms with E-state index in [1.54, 1.807) is 29.2 Å². The quantitative estimate of drug-likeness (QED) is 0.618. The van der Waals surface area contributed by atoms with Gasteiger partial charge in [0.15, 0.2) is 0 Å². The van der Waals surface area contributed by atoms with Crippen molar-refractivity contribution in [3.05, 3.63) is 107 Å². The van der Waals surface area contributed by atoms with E-state index < -0.39 is 0 Å². The minimum atomic E-state index is -0.224. The molecule has 0 aliphatic carbocycles. The van der Waals surface area contributed by atoms with Crippen LogP contribution in [0.2, 0.25) is 0 Å². The number of fused-ring (bicyclic) bond motifs is 8. The highest BCUT2D eigenvalue weighted by Crippen LogP contribution is 2.14. The fraction of sp³-hybridized carbons (Fsp3) is 0.111. The highest BCUT2D eigenvalue weighted by atomic mass is 16.2. The maximum atomic E-state index is 13.1. The summed E-state index contributed by atoms with van der Waals surface area (Å²) in [6, 6.07) is 29.1. The van der Waals surface area contributed by atoms with E-state index >= 15 is 0 Å². The van der Waals surface area contributed by atoms with Gasteiger partial charge in [-0.2, -0.15) is 0 Å². The molecule has 150 valence electrons. The van der Waals surface area contributed by atoms with Crippen molar-refractivity contribution in [1.29, 1.82) is 0 Å². The van der Waals surface area contributed by atoms with Gasteiger partial charge in [-0.25, -0.2) is 0 Å². The number of hydrogen-bond donors (Lipinski definition) is 0. The van der Waals surface area contributed by atoms with Crippen LogP contribution in [-0.4, -0.2) is 28.2 Å². The number of carbonyl (C=O) groups is 2. The number of amides is 2. The summed E-state index contributed by atoms with van der Waals surface area (Å²) in [5, 5.41) is 0. The van der Waals surface area contributed by atoms with Crippen LogP contribution in [0.4, 0.5) is 0 Å². The van der Waals surface area contributed by atoms with Crippen LogP contribution in [0.3, 0.4) is 0 Å². The Bertz CT molecular complexity index is 1190. The Balaban J connectivity index is 1.66. The van der Waals surface area contributed by atoms with Gasteiger partial charge in [-0.3, -0.25) is 14.5 Å². The van der Waals surface area contributed by atoms with Gasteiger partial charge in [0.2, 0.25) is 0 Å². The van der Waals surface area contributed by atoms with Crippen molar-refractivity contribution < 1.29 is 9.59 Å². The third-order valence-electron chi connectivity index (χ3n) is 4.92. The number of hydrogen-bond acceptors (Lipinski definition) is 2. The molecule has 31 heavy (non-hydrogen) atoms. The molecular formula is C27H20N2O2. The minimum Gasteiger partial charge on any atom is -0.323 e. The molecule has 0 fully saturated rings. The van der Waals surface area contributed by atoms with Gasteiger partial charge in [0, 0.05) is 29.6 Å². The van der Waals surface area contributed by atoms with E-state index in [0.29, 0.717) is 24.2 Å². The van der Waals surface area contributed by atoms with Gasteiger partial charge in [0.1, 0.15) is 0 Å². The van der Waals surface area contributed by atoms with E-state index in [4.69, 9.17) is 0 Å². The zero-order valence-electron chi connectivity index (χ0n) is 16.9. The van der Waals surface area contributed by atoms with Gasteiger partial charge in [-0.15, -0.1) is 0 Å². The average Bonchev–Trinajstić information content (AvgIpc) is 2.83. The topological polar surface area (TPSA) is 40.6 Å². The molecule has 0 saturated carbocycles. The molecule has 0 atom stereocenters. The van der Waals surface area contributed by atoms with Crippen molar-refractivity contribution in [2.24, 2.45) is 0 Å². The average molecular weight is 404 g/mol. The van der Waals surface area contributed by atoms with E-state index in [1.807, 2.05) is 60.7 Å². The number of carbonyl (C=O) groups excluding carboxylic acids is 2. The second kappa shape index (κ2) is 9.48.